The molecule has 0 heterocycles. The normalized spacial score (nSPS) is 25.9. The van der Waals surface area contributed by atoms with Crippen molar-refractivity contribution in [3.8, 4) is 0 Å². The fourth-order valence-corrected chi connectivity index (χ4v) is 2.57. The fourth-order valence-electron chi connectivity index (χ4n) is 2.57. The van der Waals surface area contributed by atoms with Gasteiger partial charge in [0.1, 0.15) is 0 Å². The summed E-state index contributed by atoms with van der Waals surface area (Å²) < 4.78 is 0. The van der Waals surface area contributed by atoms with Crippen LogP contribution in [-0.2, 0) is 0 Å². The number of hydrogen-bond donors (Lipinski definition) is 1. The number of likely N-dealkylation sites (N-methyl/N-ethyl adjacent to an activating group) is 1. The maximum absolute atomic E-state index is 5.83. The van der Waals surface area contributed by atoms with Crippen LogP contribution >= 0.6 is 0 Å². The molecule has 0 aliphatic heterocycles. The lowest BCUT2D eigenvalue weighted by molar-refractivity contribution is 0.188. The third kappa shape index (κ3) is 3.62. The second-order valence-corrected chi connectivity index (χ2v) is 4.86. The molecule has 2 nitrogen and oxygen atoms in total. The molecule has 0 bridgehead atoms. The number of nitrogens with zero attached hydrogens (tertiary/aromatic N) is 1. The van der Waals surface area contributed by atoms with Crippen molar-refractivity contribution in [2.24, 2.45) is 11.7 Å². The minimum Gasteiger partial charge on any atom is -0.330 e. The van der Waals surface area contributed by atoms with Crippen LogP contribution < -0.4 is 5.73 Å². The summed E-state index contributed by atoms with van der Waals surface area (Å²) in [6, 6.07) is 0.732. The molecule has 0 amide bonds. The molecule has 0 aromatic carbocycles. The first-order valence-electron chi connectivity index (χ1n) is 6.26. The first kappa shape index (κ1) is 12.7. The number of hydrogen-bond acceptors (Lipinski definition) is 2. The van der Waals surface area contributed by atoms with E-state index in [4.69, 9.17) is 5.73 Å². The largest absolute Gasteiger partial charge is 0.330 e. The van der Waals surface area contributed by atoms with Crippen molar-refractivity contribution in [3.63, 3.8) is 0 Å². The van der Waals surface area contributed by atoms with Gasteiger partial charge in [-0.25, -0.2) is 0 Å². The van der Waals surface area contributed by atoms with Gasteiger partial charge in [0.2, 0.25) is 0 Å². The highest BCUT2D eigenvalue weighted by atomic mass is 15.2. The molecule has 1 aliphatic carbocycles. The number of rotatable bonds is 5. The van der Waals surface area contributed by atoms with E-state index in [2.05, 4.69) is 31.7 Å². The van der Waals surface area contributed by atoms with Gasteiger partial charge in [-0.05, 0) is 45.7 Å². The van der Waals surface area contributed by atoms with E-state index in [1.807, 2.05) is 0 Å². The average Bonchev–Trinajstić information content (AvgIpc) is 2.66. The minimum absolute atomic E-state index is 0.732. The average molecular weight is 210 g/mol. The predicted octanol–water partition coefficient (Wildman–Crippen LogP) is 2.40. The molecule has 2 heteroatoms. The van der Waals surface area contributed by atoms with Crippen LogP contribution in [0.3, 0.4) is 0 Å². The lowest BCUT2D eigenvalue weighted by atomic mass is 10.0. The first-order chi connectivity index (χ1) is 7.19. The molecule has 15 heavy (non-hydrogen) atoms. The summed E-state index contributed by atoms with van der Waals surface area (Å²) in [5.41, 5.74) is 7.24. The summed E-state index contributed by atoms with van der Waals surface area (Å²) in [5, 5.41) is 0. The zero-order chi connectivity index (χ0) is 11.3. The lowest BCUT2D eigenvalue weighted by Crippen LogP contribution is -2.40. The van der Waals surface area contributed by atoms with Crippen LogP contribution in [0.2, 0.25) is 0 Å². The van der Waals surface area contributed by atoms with E-state index in [-0.39, 0.29) is 0 Å². The van der Waals surface area contributed by atoms with Gasteiger partial charge in [0.05, 0.1) is 0 Å². The van der Waals surface area contributed by atoms with Crippen molar-refractivity contribution < 1.29 is 0 Å². The van der Waals surface area contributed by atoms with E-state index >= 15 is 0 Å². The number of nitrogens with two attached hydrogens (primary N) is 1. The molecule has 0 saturated heterocycles. The maximum atomic E-state index is 5.83. The topological polar surface area (TPSA) is 29.3 Å². The zero-order valence-corrected chi connectivity index (χ0v) is 10.5. The van der Waals surface area contributed by atoms with E-state index in [0.29, 0.717) is 0 Å². The van der Waals surface area contributed by atoms with Gasteiger partial charge in [-0.1, -0.05) is 25.0 Å². The van der Waals surface area contributed by atoms with Crippen LogP contribution in [0.5, 0.6) is 0 Å². The monoisotopic (exact) mass is 210 g/mol. The quantitative estimate of drug-likeness (QED) is 0.706. The predicted molar refractivity (Wildman–Crippen MR) is 66.9 cm³/mol. The first-order valence-corrected chi connectivity index (χ1v) is 6.26. The number of allylic oxidation sites excluding steroid dienone is 1. The molecule has 0 spiro atoms. The second kappa shape index (κ2) is 6.29. The van der Waals surface area contributed by atoms with Crippen molar-refractivity contribution in [1.29, 1.82) is 0 Å². The van der Waals surface area contributed by atoms with Gasteiger partial charge in [0.15, 0.2) is 0 Å². The van der Waals surface area contributed by atoms with E-state index in [0.717, 1.165) is 31.6 Å². The van der Waals surface area contributed by atoms with E-state index in [1.165, 1.54) is 24.8 Å². The maximum Gasteiger partial charge on any atom is 0.0168 e. The summed E-state index contributed by atoms with van der Waals surface area (Å²) in [4.78, 5) is 2.58. The van der Waals surface area contributed by atoms with E-state index < -0.39 is 0 Å². The van der Waals surface area contributed by atoms with Crippen molar-refractivity contribution in [1.82, 2.24) is 4.90 Å². The van der Waals surface area contributed by atoms with Gasteiger partial charge in [0.25, 0.3) is 0 Å². The Bertz CT molecular complexity index is 207. The molecular formula is C13H26N2. The summed E-state index contributed by atoms with van der Waals surface area (Å²) in [5.74, 6) is 0.732. The molecule has 2 N–H and O–H groups in total. The Labute approximate surface area is 94.5 Å². The van der Waals surface area contributed by atoms with Crippen LogP contribution in [0.4, 0.5) is 0 Å². The highest BCUT2D eigenvalue weighted by molar-refractivity contribution is 4.97. The van der Waals surface area contributed by atoms with Crippen molar-refractivity contribution in [2.75, 3.05) is 19.6 Å². The smallest absolute Gasteiger partial charge is 0.0168 e. The second-order valence-electron chi connectivity index (χ2n) is 4.86. The highest BCUT2D eigenvalue weighted by Gasteiger charge is 2.29. The van der Waals surface area contributed by atoms with Crippen LogP contribution in [0.1, 0.15) is 40.0 Å². The minimum atomic E-state index is 0.732. The SMILES string of the molecule is CCN(CC=C(C)C)C1CCCC1CN. The molecule has 0 aromatic heterocycles. The van der Waals surface area contributed by atoms with Crippen molar-refractivity contribution in [3.05, 3.63) is 11.6 Å². The Morgan fingerprint density at radius 1 is 1.40 bits per heavy atom. The molecule has 1 aliphatic rings. The third-order valence-corrected chi connectivity index (χ3v) is 3.53. The van der Waals surface area contributed by atoms with Crippen LogP contribution in [-0.4, -0.2) is 30.6 Å². The molecule has 1 fully saturated rings. The molecule has 2 atom stereocenters. The molecule has 1 saturated carbocycles. The highest BCUT2D eigenvalue weighted by Crippen LogP contribution is 2.29. The van der Waals surface area contributed by atoms with Gasteiger partial charge >= 0.3 is 0 Å². The van der Waals surface area contributed by atoms with Crippen molar-refractivity contribution in [2.45, 2.75) is 46.1 Å². The lowest BCUT2D eigenvalue weighted by Gasteiger charge is -2.30. The Balaban J connectivity index is 2.53. The molecule has 0 aromatic rings. The third-order valence-electron chi connectivity index (χ3n) is 3.53. The van der Waals surface area contributed by atoms with Crippen molar-refractivity contribution >= 4 is 0 Å². The molecular weight excluding hydrogens is 184 g/mol. The van der Waals surface area contributed by atoms with E-state index in [1.54, 1.807) is 0 Å². The molecule has 0 radical (unpaired) electrons. The summed E-state index contributed by atoms with van der Waals surface area (Å²) in [6.07, 6.45) is 6.35. The van der Waals surface area contributed by atoms with Crippen LogP contribution in [0.25, 0.3) is 0 Å². The summed E-state index contributed by atoms with van der Waals surface area (Å²) in [7, 11) is 0. The van der Waals surface area contributed by atoms with Gasteiger partial charge in [0, 0.05) is 12.6 Å². The Kier molecular flexibility index (Phi) is 5.34. The van der Waals surface area contributed by atoms with E-state index in [9.17, 15) is 0 Å². The summed E-state index contributed by atoms with van der Waals surface area (Å²) in [6.45, 7) is 9.69. The van der Waals surface area contributed by atoms with Gasteiger partial charge < -0.3 is 5.73 Å². The Morgan fingerprint density at radius 3 is 2.67 bits per heavy atom. The van der Waals surface area contributed by atoms with Crippen LogP contribution in [0.15, 0.2) is 11.6 Å². The standard InChI is InChI=1S/C13H26N2/c1-4-15(9-8-11(2)3)13-7-5-6-12(13)10-14/h8,12-13H,4-7,9-10,14H2,1-3H3. The van der Waals surface area contributed by atoms with Gasteiger partial charge in [-0.3, -0.25) is 4.90 Å². The molecule has 1 rings (SSSR count). The fraction of sp³-hybridized carbons (Fsp3) is 0.846. The van der Waals surface area contributed by atoms with Crippen LogP contribution in [0, 0.1) is 5.92 Å². The van der Waals surface area contributed by atoms with Gasteiger partial charge in [-0.15, -0.1) is 0 Å². The molecule has 2 unspecified atom stereocenters. The molecule has 88 valence electrons. The summed E-state index contributed by atoms with van der Waals surface area (Å²) >= 11 is 0. The Hall–Kier alpha value is -0.340. The Morgan fingerprint density at radius 2 is 2.13 bits per heavy atom. The van der Waals surface area contributed by atoms with Gasteiger partial charge in [-0.2, -0.15) is 0 Å². The zero-order valence-electron chi connectivity index (χ0n) is 10.5.